The van der Waals surface area contributed by atoms with E-state index < -0.39 is 12.1 Å². The van der Waals surface area contributed by atoms with Gasteiger partial charge in [-0.25, -0.2) is 14.8 Å². The SMILES string of the molecule is CCC(=O)CCCCC[C@H](NC(=O)O)c1ncc(-c2cc(OC)c3ccccc3n2)[nH]1. The third-order valence-electron chi connectivity index (χ3n) is 5.24. The van der Waals surface area contributed by atoms with Crippen molar-refractivity contribution in [3.63, 3.8) is 0 Å². The summed E-state index contributed by atoms with van der Waals surface area (Å²) in [6.07, 6.45) is 4.75. The van der Waals surface area contributed by atoms with Crippen LogP contribution in [0, 0.1) is 0 Å². The first-order valence-electron chi connectivity index (χ1n) is 10.5. The van der Waals surface area contributed by atoms with E-state index >= 15 is 0 Å². The Morgan fingerprint density at radius 3 is 2.77 bits per heavy atom. The van der Waals surface area contributed by atoms with E-state index in [1.165, 1.54) is 0 Å². The number of pyridine rings is 1. The highest BCUT2D eigenvalue weighted by molar-refractivity contribution is 5.87. The number of methoxy groups -OCH3 is 1. The number of unbranched alkanes of at least 4 members (excludes halogenated alkanes) is 2. The van der Waals surface area contributed by atoms with Gasteiger partial charge in [0.1, 0.15) is 17.4 Å². The Labute approximate surface area is 181 Å². The van der Waals surface area contributed by atoms with Crippen LogP contribution in [0.1, 0.15) is 57.3 Å². The average molecular weight is 425 g/mol. The molecule has 8 heteroatoms. The summed E-state index contributed by atoms with van der Waals surface area (Å²) in [6.45, 7) is 1.86. The van der Waals surface area contributed by atoms with Gasteiger partial charge in [-0.15, -0.1) is 0 Å². The number of carbonyl (C=O) groups excluding carboxylic acids is 1. The van der Waals surface area contributed by atoms with Crippen LogP contribution in [0.15, 0.2) is 36.5 Å². The van der Waals surface area contributed by atoms with Crippen LogP contribution in [-0.2, 0) is 4.79 Å². The highest BCUT2D eigenvalue weighted by Gasteiger charge is 2.18. The van der Waals surface area contributed by atoms with Crippen molar-refractivity contribution in [3.05, 3.63) is 42.4 Å². The van der Waals surface area contributed by atoms with Gasteiger partial charge in [0.15, 0.2) is 0 Å². The van der Waals surface area contributed by atoms with Crippen LogP contribution in [-0.4, -0.2) is 39.0 Å². The molecule has 31 heavy (non-hydrogen) atoms. The van der Waals surface area contributed by atoms with E-state index in [9.17, 15) is 14.7 Å². The molecule has 1 amide bonds. The minimum Gasteiger partial charge on any atom is -0.496 e. The molecule has 2 heterocycles. The lowest BCUT2D eigenvalue weighted by molar-refractivity contribution is -0.118. The number of fused-ring (bicyclic) bond motifs is 1. The maximum Gasteiger partial charge on any atom is 0.405 e. The Morgan fingerprint density at radius 1 is 1.23 bits per heavy atom. The summed E-state index contributed by atoms with van der Waals surface area (Å²) in [4.78, 5) is 35.0. The first-order valence-corrected chi connectivity index (χ1v) is 10.5. The molecule has 0 radical (unpaired) electrons. The number of Topliss-reactive ketones (excluding diaryl/α,β-unsaturated/α-hetero) is 1. The van der Waals surface area contributed by atoms with Crippen LogP contribution in [0.25, 0.3) is 22.3 Å². The number of aromatic amines is 1. The van der Waals surface area contributed by atoms with Crippen molar-refractivity contribution in [2.45, 2.75) is 51.5 Å². The first-order chi connectivity index (χ1) is 15.0. The van der Waals surface area contributed by atoms with E-state index in [2.05, 4.69) is 20.3 Å². The largest absolute Gasteiger partial charge is 0.496 e. The summed E-state index contributed by atoms with van der Waals surface area (Å²) in [5, 5.41) is 12.7. The average Bonchev–Trinajstić information content (AvgIpc) is 3.27. The van der Waals surface area contributed by atoms with Gasteiger partial charge in [-0.3, -0.25) is 4.79 Å². The number of H-pyrrole nitrogens is 1. The van der Waals surface area contributed by atoms with Crippen LogP contribution in [0.5, 0.6) is 5.75 Å². The van der Waals surface area contributed by atoms with Crippen molar-refractivity contribution in [1.82, 2.24) is 20.3 Å². The number of hydrogen-bond acceptors (Lipinski definition) is 5. The molecule has 0 aliphatic carbocycles. The smallest absolute Gasteiger partial charge is 0.405 e. The number of rotatable bonds is 11. The molecule has 2 aromatic heterocycles. The lowest BCUT2D eigenvalue weighted by Gasteiger charge is -2.14. The molecule has 0 unspecified atom stereocenters. The van der Waals surface area contributed by atoms with Gasteiger partial charge in [-0.05, 0) is 25.0 Å². The Kier molecular flexibility index (Phi) is 7.59. The number of nitrogens with one attached hydrogen (secondary N) is 2. The third kappa shape index (κ3) is 5.81. The predicted molar refractivity (Wildman–Crippen MR) is 118 cm³/mol. The van der Waals surface area contributed by atoms with E-state index in [-0.39, 0.29) is 5.78 Å². The van der Waals surface area contributed by atoms with Crippen molar-refractivity contribution < 1.29 is 19.4 Å². The number of aromatic nitrogens is 3. The molecule has 0 bridgehead atoms. The molecular weight excluding hydrogens is 396 g/mol. The van der Waals surface area contributed by atoms with Crippen LogP contribution < -0.4 is 10.1 Å². The number of nitrogens with zero attached hydrogens (tertiary/aromatic N) is 2. The second-order valence-corrected chi connectivity index (χ2v) is 7.40. The first kappa shape index (κ1) is 22.3. The zero-order valence-electron chi connectivity index (χ0n) is 17.9. The monoisotopic (exact) mass is 424 g/mol. The lowest BCUT2D eigenvalue weighted by Crippen LogP contribution is -2.27. The number of hydrogen-bond donors (Lipinski definition) is 3. The van der Waals surface area contributed by atoms with Gasteiger partial charge in [-0.2, -0.15) is 0 Å². The van der Waals surface area contributed by atoms with Gasteiger partial charge in [0.05, 0.1) is 36.3 Å². The van der Waals surface area contributed by atoms with Crippen LogP contribution in [0.3, 0.4) is 0 Å². The summed E-state index contributed by atoms with van der Waals surface area (Å²) in [7, 11) is 1.62. The number of carboxylic acid groups (broad SMARTS) is 1. The third-order valence-corrected chi connectivity index (χ3v) is 5.24. The predicted octanol–water partition coefficient (Wildman–Crippen LogP) is 4.87. The second-order valence-electron chi connectivity index (χ2n) is 7.40. The van der Waals surface area contributed by atoms with Gasteiger partial charge in [0.2, 0.25) is 0 Å². The minimum absolute atomic E-state index is 0.259. The van der Waals surface area contributed by atoms with Crippen molar-refractivity contribution >= 4 is 22.8 Å². The molecule has 0 spiro atoms. The Hall–Kier alpha value is -3.42. The van der Waals surface area contributed by atoms with Crippen molar-refractivity contribution in [2.24, 2.45) is 0 Å². The molecule has 164 valence electrons. The molecule has 0 saturated carbocycles. The second kappa shape index (κ2) is 10.6. The molecule has 1 atom stereocenters. The standard InChI is InChI=1S/C23H28N4O4/c1-3-15(28)9-5-4-6-12-18(27-23(29)30)22-24-14-20(26-22)19-13-21(31-2)16-10-7-8-11-17(16)25-19/h7-8,10-11,13-14,18,27H,3-6,9,12H2,1-2H3,(H,24,26)(H,29,30)/t18-/m0/s1. The number of ketones is 1. The van der Waals surface area contributed by atoms with E-state index in [4.69, 9.17) is 4.74 Å². The lowest BCUT2D eigenvalue weighted by atomic mass is 10.0. The molecule has 0 aliphatic rings. The molecule has 3 N–H and O–H groups in total. The van der Waals surface area contributed by atoms with Gasteiger partial charge in [-0.1, -0.05) is 31.9 Å². The molecule has 8 nitrogen and oxygen atoms in total. The quantitative estimate of drug-likeness (QED) is 0.378. The number of carbonyl (C=O) groups is 2. The van der Waals surface area contributed by atoms with Crippen LogP contribution in [0.2, 0.25) is 0 Å². The fraction of sp³-hybridized carbons (Fsp3) is 0.391. The molecule has 3 rings (SSSR count). The zero-order valence-corrected chi connectivity index (χ0v) is 17.9. The number of benzene rings is 1. The zero-order chi connectivity index (χ0) is 22.2. The normalized spacial score (nSPS) is 11.9. The minimum atomic E-state index is -1.10. The van der Waals surface area contributed by atoms with Gasteiger partial charge >= 0.3 is 6.09 Å². The van der Waals surface area contributed by atoms with Gasteiger partial charge in [0.25, 0.3) is 0 Å². The molecule has 0 fully saturated rings. The fourth-order valence-electron chi connectivity index (χ4n) is 3.54. The molecular formula is C23H28N4O4. The Balaban J connectivity index is 1.75. The molecule has 0 saturated heterocycles. The Morgan fingerprint density at radius 2 is 2.03 bits per heavy atom. The van der Waals surface area contributed by atoms with E-state index in [1.54, 1.807) is 13.3 Å². The summed E-state index contributed by atoms with van der Waals surface area (Å²) < 4.78 is 5.51. The van der Waals surface area contributed by atoms with Gasteiger partial charge in [0, 0.05) is 24.3 Å². The number of amides is 1. The maximum atomic E-state index is 11.4. The summed E-state index contributed by atoms with van der Waals surface area (Å²) >= 11 is 0. The summed E-state index contributed by atoms with van der Waals surface area (Å²) in [5.74, 6) is 1.50. The molecule has 0 aliphatic heterocycles. The molecule has 1 aromatic carbocycles. The van der Waals surface area contributed by atoms with E-state index in [1.807, 2.05) is 37.3 Å². The summed E-state index contributed by atoms with van der Waals surface area (Å²) in [6, 6.07) is 9.08. The maximum absolute atomic E-state index is 11.4. The Bertz CT molecular complexity index is 1050. The number of imidazole rings is 1. The number of para-hydroxylation sites is 1. The molecule has 3 aromatic rings. The summed E-state index contributed by atoms with van der Waals surface area (Å²) in [5.41, 5.74) is 2.15. The van der Waals surface area contributed by atoms with Gasteiger partial charge < -0.3 is 20.1 Å². The van der Waals surface area contributed by atoms with Crippen molar-refractivity contribution in [2.75, 3.05) is 7.11 Å². The number of ether oxygens (including phenoxy) is 1. The van der Waals surface area contributed by atoms with Crippen LogP contribution in [0.4, 0.5) is 4.79 Å². The fourth-order valence-corrected chi connectivity index (χ4v) is 3.54. The highest BCUT2D eigenvalue weighted by Crippen LogP contribution is 2.30. The van der Waals surface area contributed by atoms with Crippen molar-refractivity contribution in [3.8, 4) is 17.1 Å². The van der Waals surface area contributed by atoms with E-state index in [0.717, 1.165) is 30.2 Å². The van der Waals surface area contributed by atoms with Crippen molar-refractivity contribution in [1.29, 1.82) is 0 Å². The van der Waals surface area contributed by atoms with Crippen LogP contribution >= 0.6 is 0 Å². The topological polar surface area (TPSA) is 117 Å². The van der Waals surface area contributed by atoms with E-state index in [0.29, 0.717) is 42.2 Å². The highest BCUT2D eigenvalue weighted by atomic mass is 16.5.